The Bertz CT molecular complexity index is 1280. The first kappa shape index (κ1) is 21.8. The van der Waals surface area contributed by atoms with Crippen LogP contribution in [0.3, 0.4) is 0 Å². The SMILES string of the molecule is Nc1ccn([C@@H]2C3C(OC(=O)c4ccccc4)[C@@H](COC(=O)c4ccccc4)OC32F)c(=O)n1. The molecule has 2 aliphatic rings. The largest absolute Gasteiger partial charge is 0.459 e. The van der Waals surface area contributed by atoms with Crippen LogP contribution in [0.2, 0.25) is 0 Å². The van der Waals surface area contributed by atoms with Crippen LogP contribution in [-0.4, -0.2) is 46.2 Å². The Labute approximate surface area is 192 Å². The van der Waals surface area contributed by atoms with Crippen LogP contribution in [0.25, 0.3) is 0 Å². The number of nitrogens with zero attached hydrogens (tertiary/aromatic N) is 2. The fourth-order valence-electron chi connectivity index (χ4n) is 4.28. The maximum Gasteiger partial charge on any atom is 0.349 e. The Morgan fingerprint density at radius 1 is 1.03 bits per heavy atom. The minimum absolute atomic E-state index is 0.00126. The van der Waals surface area contributed by atoms with Crippen LogP contribution in [0, 0.1) is 5.92 Å². The summed E-state index contributed by atoms with van der Waals surface area (Å²) >= 11 is 0. The zero-order valence-electron chi connectivity index (χ0n) is 17.7. The highest BCUT2D eigenvalue weighted by Gasteiger charge is 2.80. The van der Waals surface area contributed by atoms with Crippen molar-refractivity contribution in [2.75, 3.05) is 12.3 Å². The van der Waals surface area contributed by atoms with Gasteiger partial charge in [0.25, 0.3) is 0 Å². The number of nitrogens with two attached hydrogens (primary N) is 1. The number of alkyl halides is 1. The van der Waals surface area contributed by atoms with Crippen molar-refractivity contribution in [1.29, 1.82) is 0 Å². The van der Waals surface area contributed by atoms with Gasteiger partial charge in [-0.3, -0.25) is 4.57 Å². The first-order chi connectivity index (χ1) is 16.4. The molecular formula is C24H20FN3O6. The van der Waals surface area contributed by atoms with Crippen molar-refractivity contribution in [3.63, 3.8) is 0 Å². The quantitative estimate of drug-likeness (QED) is 0.550. The van der Waals surface area contributed by atoms with E-state index < -0.39 is 47.7 Å². The number of nitrogen functional groups attached to an aromatic ring is 1. The predicted octanol–water partition coefficient (Wildman–Crippen LogP) is 2.14. The number of benzene rings is 2. The molecule has 2 aromatic carbocycles. The molecule has 3 aromatic rings. The molecule has 0 bridgehead atoms. The minimum Gasteiger partial charge on any atom is -0.459 e. The number of aromatic nitrogens is 2. The molecule has 2 fully saturated rings. The highest BCUT2D eigenvalue weighted by atomic mass is 19.2. The summed E-state index contributed by atoms with van der Waals surface area (Å²) in [5.41, 5.74) is 5.36. The van der Waals surface area contributed by atoms with Gasteiger partial charge in [-0.15, -0.1) is 0 Å². The van der Waals surface area contributed by atoms with Gasteiger partial charge in [0.2, 0.25) is 5.85 Å². The van der Waals surface area contributed by atoms with Crippen molar-refractivity contribution in [3.05, 3.63) is 94.5 Å². The number of esters is 2. The number of anilines is 1. The lowest BCUT2D eigenvalue weighted by Crippen LogP contribution is -2.38. The van der Waals surface area contributed by atoms with Crippen LogP contribution in [0.15, 0.2) is 77.7 Å². The molecule has 3 unspecified atom stereocenters. The topological polar surface area (TPSA) is 123 Å². The number of hydrogen-bond acceptors (Lipinski definition) is 8. The Hall–Kier alpha value is -4.05. The van der Waals surface area contributed by atoms with E-state index >= 15 is 4.39 Å². The van der Waals surface area contributed by atoms with Crippen LogP contribution in [0.4, 0.5) is 10.2 Å². The van der Waals surface area contributed by atoms with Gasteiger partial charge in [0.15, 0.2) is 0 Å². The van der Waals surface area contributed by atoms with E-state index in [1.807, 2.05) is 0 Å². The van der Waals surface area contributed by atoms with E-state index in [-0.39, 0.29) is 18.0 Å². The van der Waals surface area contributed by atoms with Crippen molar-refractivity contribution in [2.24, 2.45) is 5.92 Å². The molecule has 2 heterocycles. The fraction of sp³-hybridized carbons (Fsp3) is 0.250. The molecule has 34 heavy (non-hydrogen) atoms. The van der Waals surface area contributed by atoms with Gasteiger partial charge in [-0.1, -0.05) is 36.4 Å². The smallest absolute Gasteiger partial charge is 0.349 e. The van der Waals surface area contributed by atoms with Gasteiger partial charge in [-0.2, -0.15) is 4.98 Å². The minimum atomic E-state index is -2.30. The van der Waals surface area contributed by atoms with Crippen LogP contribution in [-0.2, 0) is 14.2 Å². The molecule has 5 atom stereocenters. The third kappa shape index (κ3) is 3.81. The molecule has 0 spiro atoms. The van der Waals surface area contributed by atoms with Crippen LogP contribution >= 0.6 is 0 Å². The summed E-state index contributed by atoms with van der Waals surface area (Å²) in [5, 5.41) is 0. The molecule has 1 saturated carbocycles. The molecule has 2 N–H and O–H groups in total. The van der Waals surface area contributed by atoms with Crippen LogP contribution in [0.1, 0.15) is 26.8 Å². The number of hydrogen-bond donors (Lipinski definition) is 1. The molecule has 174 valence electrons. The van der Waals surface area contributed by atoms with Crippen molar-refractivity contribution >= 4 is 17.8 Å². The zero-order valence-corrected chi connectivity index (χ0v) is 17.7. The van der Waals surface area contributed by atoms with Gasteiger partial charge >= 0.3 is 17.6 Å². The van der Waals surface area contributed by atoms with Crippen LogP contribution < -0.4 is 11.4 Å². The first-order valence-corrected chi connectivity index (χ1v) is 10.6. The Kier molecular flexibility index (Phi) is 5.37. The van der Waals surface area contributed by atoms with Crippen molar-refractivity contribution in [2.45, 2.75) is 24.1 Å². The average molecular weight is 465 g/mol. The summed E-state index contributed by atoms with van der Waals surface area (Å²) in [5.74, 6) is -4.61. The van der Waals surface area contributed by atoms with E-state index in [2.05, 4.69) is 4.98 Å². The molecule has 10 heteroatoms. The van der Waals surface area contributed by atoms with Crippen molar-refractivity contribution in [3.8, 4) is 0 Å². The van der Waals surface area contributed by atoms with E-state index in [9.17, 15) is 14.4 Å². The van der Waals surface area contributed by atoms with Crippen molar-refractivity contribution < 1.29 is 28.2 Å². The zero-order chi connectivity index (χ0) is 23.9. The molecule has 5 rings (SSSR count). The number of ether oxygens (including phenoxy) is 3. The Morgan fingerprint density at radius 3 is 2.26 bits per heavy atom. The number of fused-ring (bicyclic) bond motifs is 1. The summed E-state index contributed by atoms with van der Waals surface area (Å²) in [6, 6.07) is 16.8. The maximum absolute atomic E-state index is 15.7. The van der Waals surface area contributed by atoms with Gasteiger partial charge in [-0.25, -0.2) is 18.8 Å². The van der Waals surface area contributed by atoms with Gasteiger partial charge in [0.1, 0.15) is 30.7 Å². The number of carbonyl (C=O) groups excluding carboxylic acids is 2. The van der Waals surface area contributed by atoms with Gasteiger partial charge in [0.05, 0.1) is 17.0 Å². The van der Waals surface area contributed by atoms with Gasteiger partial charge in [0, 0.05) is 6.20 Å². The molecule has 1 saturated heterocycles. The normalized spacial score (nSPS) is 27.0. The van der Waals surface area contributed by atoms with E-state index in [1.54, 1.807) is 60.7 Å². The molecule has 1 aromatic heterocycles. The molecule has 1 aliphatic heterocycles. The standard InChI is InChI=1S/C24H20FN3O6/c25-24-18(20(24)28-12-11-17(26)27-23(28)31)19(33-22(30)15-9-5-2-6-10-15)16(34-24)13-32-21(29)14-7-3-1-4-8-14/h1-12,16,18-20H,13H2,(H2,26,27,31)/t16-,18?,19?,20-,24?/m1/s1. The summed E-state index contributed by atoms with van der Waals surface area (Å²) < 4.78 is 33.3. The third-order valence-corrected chi connectivity index (χ3v) is 5.93. The lowest BCUT2D eigenvalue weighted by atomic mass is 10.1. The molecule has 0 radical (unpaired) electrons. The number of halogens is 1. The van der Waals surface area contributed by atoms with E-state index in [4.69, 9.17) is 19.9 Å². The second kappa shape index (κ2) is 8.38. The van der Waals surface area contributed by atoms with Crippen molar-refractivity contribution in [1.82, 2.24) is 9.55 Å². The molecule has 1 aliphatic carbocycles. The molecular weight excluding hydrogens is 445 g/mol. The maximum atomic E-state index is 15.7. The van der Waals surface area contributed by atoms with E-state index in [0.717, 1.165) is 4.57 Å². The summed E-state index contributed by atoms with van der Waals surface area (Å²) in [4.78, 5) is 41.0. The lowest BCUT2D eigenvalue weighted by Gasteiger charge is -2.24. The van der Waals surface area contributed by atoms with Gasteiger partial charge in [-0.05, 0) is 30.3 Å². The molecule has 9 nitrogen and oxygen atoms in total. The number of rotatable bonds is 6. The van der Waals surface area contributed by atoms with Gasteiger partial charge < -0.3 is 19.9 Å². The first-order valence-electron chi connectivity index (χ1n) is 10.6. The Morgan fingerprint density at radius 2 is 1.65 bits per heavy atom. The highest BCUT2D eigenvalue weighted by molar-refractivity contribution is 5.90. The second-order valence-electron chi connectivity index (χ2n) is 8.07. The third-order valence-electron chi connectivity index (χ3n) is 5.93. The van der Waals surface area contributed by atoms with E-state index in [1.165, 1.54) is 12.3 Å². The number of carbonyl (C=O) groups is 2. The predicted molar refractivity (Wildman–Crippen MR) is 117 cm³/mol. The second-order valence-corrected chi connectivity index (χ2v) is 8.07. The summed E-state index contributed by atoms with van der Waals surface area (Å²) in [6.45, 7) is -0.343. The lowest BCUT2D eigenvalue weighted by molar-refractivity contribution is -0.124. The fourth-order valence-corrected chi connectivity index (χ4v) is 4.28. The molecule has 0 amide bonds. The summed E-state index contributed by atoms with van der Waals surface area (Å²) in [7, 11) is 0. The monoisotopic (exact) mass is 465 g/mol. The Balaban J connectivity index is 1.38. The van der Waals surface area contributed by atoms with Crippen LogP contribution in [0.5, 0.6) is 0 Å². The average Bonchev–Trinajstić information content (AvgIpc) is 3.33. The highest BCUT2D eigenvalue weighted by Crippen LogP contribution is 2.65. The summed E-state index contributed by atoms with van der Waals surface area (Å²) in [6.07, 6.45) is -0.862. The van der Waals surface area contributed by atoms with E-state index in [0.29, 0.717) is 5.56 Å².